The number of phenols is 2. The van der Waals surface area contributed by atoms with Crippen LogP contribution in [0.15, 0.2) is 12.1 Å². The Morgan fingerprint density at radius 3 is 2.29 bits per heavy atom. The lowest BCUT2D eigenvalue weighted by Crippen LogP contribution is -2.14. The van der Waals surface area contributed by atoms with Crippen LogP contribution in [0.2, 0.25) is 0 Å². The molecule has 7 nitrogen and oxygen atoms in total. The maximum atomic E-state index is 11.0. The fraction of sp³-hybridized carbons (Fsp3) is 0.200. The Hall–Kier alpha value is -2.28. The third-order valence-corrected chi connectivity index (χ3v) is 2.09. The standard InChI is InChI=1S/C10H10O7/c1-17-10(16)8(13)4-2-5(9(14)15)7(12)3-6(4)11/h2-3,8,11-13H,1H3,(H,14,15). The van der Waals surface area contributed by atoms with E-state index in [1.807, 2.05) is 0 Å². The molecule has 17 heavy (non-hydrogen) atoms. The second kappa shape index (κ2) is 4.71. The van der Waals surface area contributed by atoms with Crippen molar-refractivity contribution in [3.8, 4) is 11.5 Å². The summed E-state index contributed by atoms with van der Waals surface area (Å²) in [5, 5.41) is 36.8. The number of aliphatic hydroxyl groups excluding tert-OH is 1. The van der Waals surface area contributed by atoms with Crippen LogP contribution in [-0.2, 0) is 9.53 Å². The van der Waals surface area contributed by atoms with Gasteiger partial charge in [-0.1, -0.05) is 0 Å². The molecule has 0 aliphatic carbocycles. The second-order valence-corrected chi connectivity index (χ2v) is 3.16. The highest BCUT2D eigenvalue weighted by atomic mass is 16.5. The van der Waals surface area contributed by atoms with Gasteiger partial charge in [0.2, 0.25) is 0 Å². The van der Waals surface area contributed by atoms with Crippen molar-refractivity contribution in [3.05, 3.63) is 23.3 Å². The van der Waals surface area contributed by atoms with Crippen LogP contribution in [-0.4, -0.2) is 39.5 Å². The molecule has 4 N–H and O–H groups in total. The SMILES string of the molecule is COC(=O)C(O)c1cc(C(=O)O)c(O)cc1O. The minimum Gasteiger partial charge on any atom is -0.507 e. The largest absolute Gasteiger partial charge is 0.507 e. The highest BCUT2D eigenvalue weighted by Crippen LogP contribution is 2.31. The Bertz CT molecular complexity index is 466. The number of phenolic OH excluding ortho intramolecular Hbond substituents is 1. The molecule has 0 amide bonds. The van der Waals surface area contributed by atoms with E-state index >= 15 is 0 Å². The highest BCUT2D eigenvalue weighted by Gasteiger charge is 2.24. The number of carboxylic acid groups (broad SMARTS) is 1. The maximum absolute atomic E-state index is 11.0. The lowest BCUT2D eigenvalue weighted by atomic mass is 10.0. The first-order chi connectivity index (χ1) is 7.88. The Kier molecular flexibility index (Phi) is 3.54. The number of aromatic hydroxyl groups is 2. The Labute approximate surface area is 95.5 Å². The van der Waals surface area contributed by atoms with E-state index in [0.717, 1.165) is 19.2 Å². The zero-order valence-electron chi connectivity index (χ0n) is 8.75. The van der Waals surface area contributed by atoms with Gasteiger partial charge >= 0.3 is 11.9 Å². The lowest BCUT2D eigenvalue weighted by Gasteiger charge is -2.12. The van der Waals surface area contributed by atoms with Gasteiger partial charge in [0, 0.05) is 11.6 Å². The van der Waals surface area contributed by atoms with Gasteiger partial charge in [0.15, 0.2) is 6.10 Å². The average Bonchev–Trinajstić information content (AvgIpc) is 2.26. The van der Waals surface area contributed by atoms with E-state index in [4.69, 9.17) is 5.11 Å². The number of benzene rings is 1. The summed E-state index contributed by atoms with van der Waals surface area (Å²) in [6.45, 7) is 0. The fourth-order valence-corrected chi connectivity index (χ4v) is 1.22. The number of hydrogen-bond donors (Lipinski definition) is 4. The molecule has 0 heterocycles. The molecule has 0 fully saturated rings. The van der Waals surface area contributed by atoms with Gasteiger partial charge in [-0.15, -0.1) is 0 Å². The molecule has 92 valence electrons. The van der Waals surface area contributed by atoms with Crippen molar-refractivity contribution in [3.63, 3.8) is 0 Å². The number of aliphatic hydroxyl groups is 1. The van der Waals surface area contributed by atoms with Gasteiger partial charge in [-0.05, 0) is 6.07 Å². The number of carbonyl (C=O) groups excluding carboxylic acids is 1. The molecule has 0 spiro atoms. The molecule has 1 aromatic carbocycles. The smallest absolute Gasteiger partial charge is 0.339 e. The maximum Gasteiger partial charge on any atom is 0.339 e. The van der Waals surface area contributed by atoms with Crippen molar-refractivity contribution in [1.82, 2.24) is 0 Å². The number of rotatable bonds is 3. The number of carboxylic acids is 1. The van der Waals surface area contributed by atoms with Crippen molar-refractivity contribution < 1.29 is 34.8 Å². The first-order valence-electron chi connectivity index (χ1n) is 4.43. The van der Waals surface area contributed by atoms with Gasteiger partial charge in [0.25, 0.3) is 0 Å². The van der Waals surface area contributed by atoms with E-state index in [-0.39, 0.29) is 5.56 Å². The third kappa shape index (κ3) is 2.45. The number of esters is 1. The number of carbonyl (C=O) groups is 2. The normalized spacial score (nSPS) is 11.9. The van der Waals surface area contributed by atoms with Crippen molar-refractivity contribution in [1.29, 1.82) is 0 Å². The number of methoxy groups -OCH3 is 1. The summed E-state index contributed by atoms with van der Waals surface area (Å²) in [4.78, 5) is 21.7. The van der Waals surface area contributed by atoms with Crippen molar-refractivity contribution in [2.45, 2.75) is 6.10 Å². The fourth-order valence-electron chi connectivity index (χ4n) is 1.22. The van der Waals surface area contributed by atoms with Crippen LogP contribution in [0, 0.1) is 0 Å². The monoisotopic (exact) mass is 242 g/mol. The molecule has 1 atom stereocenters. The summed E-state index contributed by atoms with van der Waals surface area (Å²) < 4.78 is 4.24. The lowest BCUT2D eigenvalue weighted by molar-refractivity contribution is -0.150. The van der Waals surface area contributed by atoms with Crippen molar-refractivity contribution >= 4 is 11.9 Å². The summed E-state index contributed by atoms with van der Waals surface area (Å²) in [7, 11) is 1.03. The Morgan fingerprint density at radius 2 is 1.82 bits per heavy atom. The van der Waals surface area contributed by atoms with Gasteiger partial charge in [0.1, 0.15) is 17.1 Å². The minimum absolute atomic E-state index is 0.355. The van der Waals surface area contributed by atoms with Crippen LogP contribution in [0.25, 0.3) is 0 Å². The highest BCUT2D eigenvalue weighted by molar-refractivity contribution is 5.92. The van der Waals surface area contributed by atoms with Gasteiger partial charge in [-0.2, -0.15) is 0 Å². The van der Waals surface area contributed by atoms with Crippen molar-refractivity contribution in [2.24, 2.45) is 0 Å². The molecule has 1 unspecified atom stereocenters. The van der Waals surface area contributed by atoms with E-state index in [1.165, 1.54) is 0 Å². The first-order valence-corrected chi connectivity index (χ1v) is 4.43. The molecule has 7 heteroatoms. The predicted octanol–water partition coefficient (Wildman–Crippen LogP) is 0.00240. The van der Waals surface area contributed by atoms with E-state index in [9.17, 15) is 24.9 Å². The molecule has 0 saturated heterocycles. The van der Waals surface area contributed by atoms with Crippen molar-refractivity contribution in [2.75, 3.05) is 7.11 Å². The second-order valence-electron chi connectivity index (χ2n) is 3.16. The Morgan fingerprint density at radius 1 is 1.24 bits per heavy atom. The van der Waals surface area contributed by atoms with E-state index in [0.29, 0.717) is 0 Å². The molecule has 0 radical (unpaired) electrons. The summed E-state index contributed by atoms with van der Waals surface area (Å²) in [6, 6.07) is 1.53. The molecular weight excluding hydrogens is 232 g/mol. The predicted molar refractivity (Wildman–Crippen MR) is 53.7 cm³/mol. The number of hydrogen-bond acceptors (Lipinski definition) is 6. The van der Waals surface area contributed by atoms with Gasteiger partial charge < -0.3 is 25.2 Å². The zero-order chi connectivity index (χ0) is 13.2. The molecule has 0 bridgehead atoms. The quantitative estimate of drug-likeness (QED) is 0.550. The van der Waals surface area contributed by atoms with E-state index in [1.54, 1.807) is 0 Å². The molecule has 0 saturated carbocycles. The molecule has 1 rings (SSSR count). The Balaban J connectivity index is 3.29. The molecular formula is C10H10O7. The third-order valence-electron chi connectivity index (χ3n) is 2.09. The summed E-state index contributed by atoms with van der Waals surface area (Å²) >= 11 is 0. The van der Waals surface area contributed by atoms with Crippen LogP contribution in [0.1, 0.15) is 22.0 Å². The molecule has 1 aromatic rings. The molecule has 0 aliphatic rings. The van der Waals surface area contributed by atoms with Crippen LogP contribution < -0.4 is 0 Å². The summed E-state index contributed by atoms with van der Waals surface area (Å²) in [6.07, 6.45) is -1.82. The van der Waals surface area contributed by atoms with Crippen LogP contribution >= 0.6 is 0 Å². The first kappa shape index (κ1) is 12.8. The number of ether oxygens (including phenoxy) is 1. The minimum atomic E-state index is -1.82. The van der Waals surface area contributed by atoms with Crippen LogP contribution in [0.4, 0.5) is 0 Å². The summed E-state index contributed by atoms with van der Waals surface area (Å²) in [5.41, 5.74) is -0.896. The van der Waals surface area contributed by atoms with E-state index in [2.05, 4.69) is 4.74 Å². The summed E-state index contributed by atoms with van der Waals surface area (Å²) in [5.74, 6) is -3.79. The van der Waals surface area contributed by atoms with Crippen LogP contribution in [0.5, 0.6) is 11.5 Å². The zero-order valence-corrected chi connectivity index (χ0v) is 8.75. The van der Waals surface area contributed by atoms with Gasteiger partial charge in [-0.25, -0.2) is 9.59 Å². The van der Waals surface area contributed by atoms with Gasteiger partial charge in [-0.3, -0.25) is 0 Å². The van der Waals surface area contributed by atoms with E-state index < -0.39 is 35.1 Å². The van der Waals surface area contributed by atoms with Gasteiger partial charge in [0.05, 0.1) is 7.11 Å². The number of aromatic carboxylic acids is 1. The topological polar surface area (TPSA) is 124 Å². The molecule has 0 aliphatic heterocycles. The average molecular weight is 242 g/mol. The van der Waals surface area contributed by atoms with Crippen LogP contribution in [0.3, 0.4) is 0 Å². The molecule has 0 aromatic heterocycles.